The fourth-order valence-corrected chi connectivity index (χ4v) is 3.88. The van der Waals surface area contributed by atoms with E-state index in [0.717, 1.165) is 27.8 Å². The third kappa shape index (κ3) is 3.75. The van der Waals surface area contributed by atoms with Gasteiger partial charge < -0.3 is 19.7 Å². The lowest BCUT2D eigenvalue weighted by Crippen LogP contribution is -2.23. The van der Waals surface area contributed by atoms with Gasteiger partial charge in [-0.1, -0.05) is 0 Å². The molecule has 1 aliphatic rings. The first-order chi connectivity index (χ1) is 15.0. The molecule has 0 aliphatic carbocycles. The Kier molecular flexibility index (Phi) is 4.67. The molecule has 1 amide bonds. The summed E-state index contributed by atoms with van der Waals surface area (Å²) in [5.41, 5.74) is 4.07. The zero-order chi connectivity index (χ0) is 21.5. The van der Waals surface area contributed by atoms with Gasteiger partial charge >= 0.3 is 0 Å². The first-order valence-corrected chi connectivity index (χ1v) is 10.1. The zero-order valence-electron chi connectivity index (χ0n) is 17.2. The van der Waals surface area contributed by atoms with E-state index in [9.17, 15) is 9.90 Å². The van der Waals surface area contributed by atoms with E-state index in [-0.39, 0.29) is 17.7 Å². The van der Waals surface area contributed by atoms with E-state index in [1.54, 1.807) is 16.9 Å². The molecule has 1 atom stereocenters. The summed E-state index contributed by atoms with van der Waals surface area (Å²) in [6.45, 7) is 3.10. The Morgan fingerprint density at radius 1 is 1.32 bits per heavy atom. The Bertz CT molecular complexity index is 1280. The number of pyridine rings is 1. The smallest absolute Gasteiger partial charge is 0.277 e. The number of carbonyl (C=O) groups is 1. The van der Waals surface area contributed by atoms with Crippen LogP contribution in [0.5, 0.6) is 0 Å². The minimum atomic E-state index is -0.384. The van der Waals surface area contributed by atoms with E-state index < -0.39 is 0 Å². The molecule has 1 aromatic carbocycles. The average molecular weight is 418 g/mol. The molecule has 4 aromatic rings. The molecule has 0 spiro atoms. The molecule has 9 nitrogen and oxygen atoms in total. The predicted molar refractivity (Wildman–Crippen MR) is 116 cm³/mol. The lowest BCUT2D eigenvalue weighted by atomic mass is 10.2. The number of oxazole rings is 1. The molecule has 0 bridgehead atoms. The van der Waals surface area contributed by atoms with Gasteiger partial charge in [0.15, 0.2) is 5.69 Å². The van der Waals surface area contributed by atoms with Crippen molar-refractivity contribution in [1.82, 2.24) is 19.7 Å². The quantitative estimate of drug-likeness (QED) is 0.524. The van der Waals surface area contributed by atoms with Crippen LogP contribution in [0.3, 0.4) is 0 Å². The van der Waals surface area contributed by atoms with Crippen molar-refractivity contribution < 1.29 is 14.3 Å². The SMILES string of the molecule is Cc1cc(-c2nc(C(=O)Nc3cc4cn(C)nc4cc3N3CC[C@@H](O)C3)co2)ccn1. The van der Waals surface area contributed by atoms with Gasteiger partial charge in [-0.15, -0.1) is 0 Å². The summed E-state index contributed by atoms with van der Waals surface area (Å²) in [7, 11) is 1.86. The van der Waals surface area contributed by atoms with Gasteiger partial charge in [0.2, 0.25) is 5.89 Å². The van der Waals surface area contributed by atoms with Crippen molar-refractivity contribution in [3.63, 3.8) is 0 Å². The van der Waals surface area contributed by atoms with Crippen molar-refractivity contribution in [3.05, 3.63) is 54.3 Å². The van der Waals surface area contributed by atoms with E-state index >= 15 is 0 Å². The highest BCUT2D eigenvalue weighted by Crippen LogP contribution is 2.33. The van der Waals surface area contributed by atoms with Gasteiger partial charge in [0, 0.05) is 49.2 Å². The lowest BCUT2D eigenvalue weighted by molar-refractivity contribution is 0.102. The van der Waals surface area contributed by atoms with E-state index in [0.29, 0.717) is 31.1 Å². The lowest BCUT2D eigenvalue weighted by Gasteiger charge is -2.21. The Labute approximate surface area is 178 Å². The van der Waals surface area contributed by atoms with Gasteiger partial charge in [-0.25, -0.2) is 4.98 Å². The first kappa shape index (κ1) is 19.3. The normalized spacial score (nSPS) is 16.2. The molecule has 31 heavy (non-hydrogen) atoms. The Morgan fingerprint density at radius 3 is 2.97 bits per heavy atom. The summed E-state index contributed by atoms with van der Waals surface area (Å²) in [4.78, 5) is 23.5. The predicted octanol–water partition coefficient (Wildman–Crippen LogP) is 2.76. The fraction of sp³-hybridized carbons (Fsp3) is 0.273. The van der Waals surface area contributed by atoms with Crippen molar-refractivity contribution in [2.24, 2.45) is 7.05 Å². The number of anilines is 2. The van der Waals surface area contributed by atoms with Gasteiger partial charge in [0.25, 0.3) is 5.91 Å². The maximum atomic E-state index is 13.0. The van der Waals surface area contributed by atoms with Crippen LogP contribution in [0.1, 0.15) is 22.6 Å². The minimum Gasteiger partial charge on any atom is -0.444 e. The molecule has 0 unspecified atom stereocenters. The highest BCUT2D eigenvalue weighted by Gasteiger charge is 2.25. The third-order valence-corrected chi connectivity index (χ3v) is 5.37. The Morgan fingerprint density at radius 2 is 2.19 bits per heavy atom. The summed E-state index contributed by atoms with van der Waals surface area (Å²) in [6, 6.07) is 7.47. The van der Waals surface area contributed by atoms with Crippen LogP contribution >= 0.6 is 0 Å². The van der Waals surface area contributed by atoms with Gasteiger partial charge in [-0.3, -0.25) is 14.5 Å². The fourth-order valence-electron chi connectivity index (χ4n) is 3.88. The van der Waals surface area contributed by atoms with Crippen molar-refractivity contribution in [2.45, 2.75) is 19.4 Å². The molecule has 5 rings (SSSR count). The highest BCUT2D eigenvalue weighted by atomic mass is 16.3. The molecule has 4 heterocycles. The van der Waals surface area contributed by atoms with Crippen LogP contribution in [-0.4, -0.2) is 50.0 Å². The molecule has 1 saturated heterocycles. The standard InChI is InChI=1S/C22H22N6O3/c1-13-7-14(3-5-23-13)22-25-19(12-31-22)21(30)24-18-8-15-10-27(2)26-17(15)9-20(18)28-6-4-16(29)11-28/h3,5,7-10,12,16,29H,4,6,11H2,1-2H3,(H,24,30)/t16-/m1/s1. The number of aryl methyl sites for hydroxylation is 2. The largest absolute Gasteiger partial charge is 0.444 e. The molecule has 1 aliphatic heterocycles. The zero-order valence-corrected chi connectivity index (χ0v) is 17.2. The number of aliphatic hydroxyl groups excluding tert-OH is 1. The van der Waals surface area contributed by atoms with Gasteiger partial charge in [0.1, 0.15) is 6.26 Å². The number of β-amino-alcohol motifs (C(OH)–C–C–N with tert-alkyl or cyclic N) is 1. The number of hydrogen-bond donors (Lipinski definition) is 2. The number of aromatic nitrogens is 4. The second kappa shape index (κ2) is 7.51. The van der Waals surface area contributed by atoms with Crippen LogP contribution in [0.15, 0.2) is 47.3 Å². The van der Waals surface area contributed by atoms with E-state index in [1.165, 1.54) is 6.26 Å². The number of benzene rings is 1. The maximum absolute atomic E-state index is 13.0. The molecular formula is C22H22N6O3. The first-order valence-electron chi connectivity index (χ1n) is 10.1. The molecule has 1 fully saturated rings. The summed E-state index contributed by atoms with van der Waals surface area (Å²) in [6.07, 6.45) is 5.22. The van der Waals surface area contributed by atoms with Crippen LogP contribution in [-0.2, 0) is 7.05 Å². The number of rotatable bonds is 4. The van der Waals surface area contributed by atoms with Gasteiger partial charge in [0.05, 0.1) is 23.0 Å². The second-order valence-corrected chi connectivity index (χ2v) is 7.80. The minimum absolute atomic E-state index is 0.183. The van der Waals surface area contributed by atoms with E-state index in [1.807, 2.05) is 38.4 Å². The molecular weight excluding hydrogens is 396 g/mol. The van der Waals surface area contributed by atoms with Gasteiger partial charge in [-0.2, -0.15) is 5.10 Å². The van der Waals surface area contributed by atoms with Crippen LogP contribution in [0.25, 0.3) is 22.4 Å². The van der Waals surface area contributed by atoms with Crippen LogP contribution in [0, 0.1) is 6.92 Å². The number of fused-ring (bicyclic) bond motifs is 1. The summed E-state index contributed by atoms with van der Waals surface area (Å²) < 4.78 is 7.26. The van der Waals surface area contributed by atoms with Gasteiger partial charge in [-0.05, 0) is 37.6 Å². The van der Waals surface area contributed by atoms with E-state index in [2.05, 4.69) is 25.3 Å². The molecule has 3 aromatic heterocycles. The number of hydrogen-bond acceptors (Lipinski definition) is 7. The van der Waals surface area contributed by atoms with Crippen LogP contribution in [0.2, 0.25) is 0 Å². The third-order valence-electron chi connectivity index (χ3n) is 5.37. The maximum Gasteiger partial charge on any atom is 0.277 e. The van der Waals surface area contributed by atoms with E-state index in [4.69, 9.17) is 4.42 Å². The van der Waals surface area contributed by atoms with Crippen molar-refractivity contribution in [3.8, 4) is 11.5 Å². The Balaban J connectivity index is 1.46. The summed E-state index contributed by atoms with van der Waals surface area (Å²) in [5.74, 6) is -0.00809. The number of amides is 1. The molecule has 2 N–H and O–H groups in total. The molecule has 0 saturated carbocycles. The monoisotopic (exact) mass is 418 g/mol. The van der Waals surface area contributed by atoms with Crippen molar-refractivity contribution in [1.29, 1.82) is 0 Å². The number of carbonyl (C=O) groups excluding carboxylic acids is 1. The molecule has 0 radical (unpaired) electrons. The number of nitrogens with zero attached hydrogens (tertiary/aromatic N) is 5. The van der Waals surface area contributed by atoms with Crippen LogP contribution < -0.4 is 10.2 Å². The van der Waals surface area contributed by atoms with Crippen molar-refractivity contribution >= 4 is 28.2 Å². The van der Waals surface area contributed by atoms with Crippen LogP contribution in [0.4, 0.5) is 11.4 Å². The average Bonchev–Trinajstić information content (AvgIpc) is 3.46. The number of aliphatic hydroxyl groups is 1. The summed E-state index contributed by atoms with van der Waals surface area (Å²) in [5, 5.41) is 18.3. The number of nitrogens with one attached hydrogen (secondary N) is 1. The summed E-state index contributed by atoms with van der Waals surface area (Å²) >= 11 is 0. The molecule has 158 valence electrons. The Hall–Kier alpha value is -3.72. The second-order valence-electron chi connectivity index (χ2n) is 7.80. The molecule has 9 heteroatoms. The topological polar surface area (TPSA) is 109 Å². The highest BCUT2D eigenvalue weighted by molar-refractivity contribution is 6.06. The van der Waals surface area contributed by atoms with Crippen molar-refractivity contribution in [2.75, 3.05) is 23.3 Å².